The molecule has 0 bridgehead atoms. The van der Waals surface area contributed by atoms with Crippen LogP contribution in [0.5, 0.6) is 0 Å². The SMILES string of the molecule is COC(=O)c1ccc(N2CCN(C(=O)c3ccccc3)CC2)c(NCc2cnc(Cl)s2)c1. The molecule has 0 unspecified atom stereocenters. The van der Waals surface area contributed by atoms with Gasteiger partial charge >= 0.3 is 5.97 Å². The summed E-state index contributed by atoms with van der Waals surface area (Å²) in [5, 5.41) is 3.40. The second kappa shape index (κ2) is 10.0. The van der Waals surface area contributed by atoms with E-state index in [1.807, 2.05) is 41.3 Å². The number of hydrogen-bond acceptors (Lipinski definition) is 7. The maximum Gasteiger partial charge on any atom is 0.337 e. The number of carbonyl (C=O) groups excluding carboxylic acids is 2. The van der Waals surface area contributed by atoms with Crippen molar-refractivity contribution in [3.05, 3.63) is 75.2 Å². The number of carbonyl (C=O) groups is 2. The molecule has 2 aromatic carbocycles. The van der Waals surface area contributed by atoms with Crippen molar-refractivity contribution in [3.63, 3.8) is 0 Å². The Morgan fingerprint density at radius 2 is 1.84 bits per heavy atom. The van der Waals surface area contributed by atoms with Gasteiger partial charge in [0.15, 0.2) is 4.47 Å². The Hall–Kier alpha value is -3.10. The van der Waals surface area contributed by atoms with Crippen LogP contribution in [0.1, 0.15) is 25.6 Å². The number of thiazole rings is 1. The molecule has 1 amide bonds. The number of amides is 1. The highest BCUT2D eigenvalue weighted by Gasteiger charge is 2.24. The minimum Gasteiger partial charge on any atom is -0.465 e. The number of halogens is 1. The third-order valence-corrected chi connectivity index (χ3v) is 6.44. The summed E-state index contributed by atoms with van der Waals surface area (Å²) in [7, 11) is 1.37. The van der Waals surface area contributed by atoms with Crippen molar-refractivity contribution in [3.8, 4) is 0 Å². The predicted octanol–water partition coefficient (Wildman–Crippen LogP) is 4.16. The van der Waals surface area contributed by atoms with Crippen LogP contribution >= 0.6 is 22.9 Å². The zero-order chi connectivity index (χ0) is 22.5. The van der Waals surface area contributed by atoms with Crippen LogP contribution in [-0.2, 0) is 11.3 Å². The first kappa shape index (κ1) is 22.1. The molecule has 1 aliphatic rings. The largest absolute Gasteiger partial charge is 0.465 e. The molecule has 3 aromatic rings. The molecule has 166 valence electrons. The Labute approximate surface area is 195 Å². The van der Waals surface area contributed by atoms with Gasteiger partial charge in [0.25, 0.3) is 5.91 Å². The number of anilines is 2. The lowest BCUT2D eigenvalue weighted by Crippen LogP contribution is -2.49. The molecule has 32 heavy (non-hydrogen) atoms. The number of nitrogens with one attached hydrogen (secondary N) is 1. The lowest BCUT2D eigenvalue weighted by molar-refractivity contribution is 0.0600. The van der Waals surface area contributed by atoms with Gasteiger partial charge in [-0.2, -0.15) is 0 Å². The number of ether oxygens (including phenoxy) is 1. The average Bonchev–Trinajstić information content (AvgIpc) is 3.27. The van der Waals surface area contributed by atoms with Gasteiger partial charge in [-0.05, 0) is 30.3 Å². The lowest BCUT2D eigenvalue weighted by Gasteiger charge is -2.37. The molecular weight excluding hydrogens is 448 g/mol. The van der Waals surface area contributed by atoms with Crippen molar-refractivity contribution in [1.82, 2.24) is 9.88 Å². The quantitative estimate of drug-likeness (QED) is 0.545. The van der Waals surface area contributed by atoms with E-state index in [2.05, 4.69) is 15.2 Å². The average molecular weight is 471 g/mol. The minimum atomic E-state index is -0.390. The van der Waals surface area contributed by atoms with Crippen LogP contribution in [0.3, 0.4) is 0 Å². The van der Waals surface area contributed by atoms with E-state index in [4.69, 9.17) is 16.3 Å². The van der Waals surface area contributed by atoms with Gasteiger partial charge < -0.3 is 19.9 Å². The van der Waals surface area contributed by atoms with Crippen molar-refractivity contribution in [1.29, 1.82) is 0 Å². The number of esters is 1. The summed E-state index contributed by atoms with van der Waals surface area (Å²) in [5.74, 6) is -0.342. The molecule has 1 N–H and O–H groups in total. The zero-order valence-corrected chi connectivity index (χ0v) is 19.2. The number of rotatable bonds is 6. The van der Waals surface area contributed by atoms with E-state index in [0.29, 0.717) is 48.3 Å². The van der Waals surface area contributed by atoms with Crippen LogP contribution < -0.4 is 10.2 Å². The third-order valence-electron chi connectivity index (χ3n) is 5.32. The molecule has 0 aliphatic carbocycles. The topological polar surface area (TPSA) is 74.8 Å². The molecular formula is C23H23ClN4O3S. The second-order valence-corrected chi connectivity index (χ2v) is 9.00. The normalized spacial score (nSPS) is 13.7. The molecule has 1 saturated heterocycles. The molecule has 7 nitrogen and oxygen atoms in total. The number of methoxy groups -OCH3 is 1. The van der Waals surface area contributed by atoms with Gasteiger partial charge in [-0.15, -0.1) is 11.3 Å². The summed E-state index contributed by atoms with van der Waals surface area (Å²) in [6, 6.07) is 14.8. The van der Waals surface area contributed by atoms with Crippen LogP contribution in [0, 0.1) is 0 Å². The summed E-state index contributed by atoms with van der Waals surface area (Å²) >= 11 is 7.35. The van der Waals surface area contributed by atoms with Crippen LogP contribution in [-0.4, -0.2) is 55.0 Å². The van der Waals surface area contributed by atoms with Gasteiger partial charge in [-0.25, -0.2) is 9.78 Å². The van der Waals surface area contributed by atoms with Crippen molar-refractivity contribution >= 4 is 46.2 Å². The van der Waals surface area contributed by atoms with Gasteiger partial charge in [-0.3, -0.25) is 4.79 Å². The smallest absolute Gasteiger partial charge is 0.337 e. The molecule has 0 spiro atoms. The Morgan fingerprint density at radius 3 is 2.50 bits per heavy atom. The van der Waals surface area contributed by atoms with Crippen LogP contribution in [0.15, 0.2) is 54.7 Å². The van der Waals surface area contributed by atoms with Crippen LogP contribution in [0.2, 0.25) is 4.47 Å². The first-order valence-corrected chi connectivity index (χ1v) is 11.4. The fraction of sp³-hybridized carbons (Fsp3) is 0.261. The highest BCUT2D eigenvalue weighted by molar-refractivity contribution is 7.15. The summed E-state index contributed by atoms with van der Waals surface area (Å²) in [4.78, 5) is 34.0. The highest BCUT2D eigenvalue weighted by atomic mass is 35.5. The van der Waals surface area contributed by atoms with E-state index in [9.17, 15) is 9.59 Å². The number of hydrogen-bond donors (Lipinski definition) is 1. The van der Waals surface area contributed by atoms with E-state index in [0.717, 1.165) is 16.3 Å². The van der Waals surface area contributed by atoms with E-state index < -0.39 is 5.97 Å². The van der Waals surface area contributed by atoms with Crippen molar-refractivity contribution in [2.45, 2.75) is 6.54 Å². The number of benzene rings is 2. The highest BCUT2D eigenvalue weighted by Crippen LogP contribution is 2.30. The van der Waals surface area contributed by atoms with Crippen molar-refractivity contribution in [2.24, 2.45) is 0 Å². The van der Waals surface area contributed by atoms with Crippen molar-refractivity contribution in [2.75, 3.05) is 43.5 Å². The monoisotopic (exact) mass is 470 g/mol. The van der Waals surface area contributed by atoms with Gasteiger partial charge in [0.2, 0.25) is 0 Å². The summed E-state index contributed by atoms with van der Waals surface area (Å²) in [6.45, 7) is 3.16. The molecule has 1 fully saturated rings. The van der Waals surface area contributed by atoms with Crippen molar-refractivity contribution < 1.29 is 14.3 Å². The third kappa shape index (κ3) is 5.03. The Balaban J connectivity index is 1.49. The maximum absolute atomic E-state index is 12.8. The van der Waals surface area contributed by atoms with E-state index >= 15 is 0 Å². The molecule has 0 atom stereocenters. The molecule has 4 rings (SSSR count). The Morgan fingerprint density at radius 1 is 1.09 bits per heavy atom. The molecule has 1 aromatic heterocycles. The maximum atomic E-state index is 12.8. The van der Waals surface area contributed by atoms with E-state index in [1.165, 1.54) is 18.4 Å². The molecule has 2 heterocycles. The fourth-order valence-corrected chi connectivity index (χ4v) is 4.58. The fourth-order valence-electron chi connectivity index (χ4n) is 3.66. The zero-order valence-electron chi connectivity index (χ0n) is 17.6. The van der Waals surface area contributed by atoms with E-state index in [1.54, 1.807) is 18.3 Å². The van der Waals surface area contributed by atoms with Crippen LogP contribution in [0.4, 0.5) is 11.4 Å². The number of nitrogens with zero attached hydrogens (tertiary/aromatic N) is 3. The van der Waals surface area contributed by atoms with Gasteiger partial charge in [-0.1, -0.05) is 29.8 Å². The summed E-state index contributed by atoms with van der Waals surface area (Å²) in [5.41, 5.74) is 2.97. The first-order chi connectivity index (χ1) is 15.5. The second-order valence-electron chi connectivity index (χ2n) is 7.30. The molecule has 9 heteroatoms. The summed E-state index contributed by atoms with van der Waals surface area (Å²) < 4.78 is 5.37. The first-order valence-electron chi connectivity index (χ1n) is 10.2. The number of aromatic nitrogens is 1. The Kier molecular flexibility index (Phi) is 6.92. The van der Waals surface area contributed by atoms with Gasteiger partial charge in [0.05, 0.1) is 30.6 Å². The Bertz CT molecular complexity index is 1100. The van der Waals surface area contributed by atoms with Gasteiger partial charge in [0.1, 0.15) is 0 Å². The lowest BCUT2D eigenvalue weighted by atomic mass is 10.1. The standard InChI is InChI=1S/C23H23ClN4O3S/c1-31-22(30)17-7-8-20(19(13-17)25-14-18-15-26-23(24)32-18)27-9-11-28(12-10-27)21(29)16-5-3-2-4-6-16/h2-8,13,15,25H,9-12,14H2,1H3. The summed E-state index contributed by atoms with van der Waals surface area (Å²) in [6.07, 6.45) is 1.73. The molecule has 0 saturated carbocycles. The van der Waals surface area contributed by atoms with E-state index in [-0.39, 0.29) is 5.91 Å². The van der Waals surface area contributed by atoms with Crippen LogP contribution in [0.25, 0.3) is 0 Å². The minimum absolute atomic E-state index is 0.0479. The van der Waals surface area contributed by atoms with Gasteiger partial charge in [0, 0.05) is 42.8 Å². The number of piperazine rings is 1. The molecule has 0 radical (unpaired) electrons. The predicted molar refractivity (Wildman–Crippen MR) is 127 cm³/mol. The molecule has 1 aliphatic heterocycles.